The standard InChI is InChI=1S/C19H20ClNO4S/c1-3-24-19(23)16-14-5-4-6-15(14)26-18(16)21-17(22)11(2)25-13-9-7-12(20)8-10-13/h7-11H,3-6H2,1-2H3,(H,21,22). The van der Waals surface area contributed by atoms with E-state index in [1.165, 1.54) is 11.3 Å². The van der Waals surface area contributed by atoms with E-state index >= 15 is 0 Å². The Morgan fingerprint density at radius 2 is 2.00 bits per heavy atom. The highest BCUT2D eigenvalue weighted by atomic mass is 35.5. The van der Waals surface area contributed by atoms with Crippen LogP contribution >= 0.6 is 22.9 Å². The van der Waals surface area contributed by atoms with Crippen LogP contribution in [0.2, 0.25) is 5.02 Å². The number of halogens is 1. The summed E-state index contributed by atoms with van der Waals surface area (Å²) in [6.45, 7) is 3.73. The molecule has 0 saturated carbocycles. The minimum Gasteiger partial charge on any atom is -0.481 e. The Kier molecular flexibility index (Phi) is 5.84. The van der Waals surface area contributed by atoms with E-state index in [1.54, 1.807) is 38.1 Å². The van der Waals surface area contributed by atoms with Crippen molar-refractivity contribution < 1.29 is 19.1 Å². The first-order chi connectivity index (χ1) is 12.5. The highest BCUT2D eigenvalue weighted by Gasteiger charge is 2.29. The fourth-order valence-corrected chi connectivity index (χ4v) is 4.30. The van der Waals surface area contributed by atoms with E-state index < -0.39 is 6.10 Å². The largest absolute Gasteiger partial charge is 0.481 e. The predicted octanol–water partition coefficient (Wildman–Crippen LogP) is 4.47. The number of rotatable bonds is 6. The molecule has 1 atom stereocenters. The summed E-state index contributed by atoms with van der Waals surface area (Å²) in [7, 11) is 0. The summed E-state index contributed by atoms with van der Waals surface area (Å²) in [5.41, 5.74) is 1.51. The Morgan fingerprint density at radius 1 is 1.27 bits per heavy atom. The zero-order valence-electron chi connectivity index (χ0n) is 14.6. The van der Waals surface area contributed by atoms with Gasteiger partial charge in [0.05, 0.1) is 12.2 Å². The van der Waals surface area contributed by atoms with Gasteiger partial charge in [-0.3, -0.25) is 4.79 Å². The summed E-state index contributed by atoms with van der Waals surface area (Å²) in [4.78, 5) is 26.0. The van der Waals surface area contributed by atoms with Gasteiger partial charge < -0.3 is 14.8 Å². The molecule has 0 saturated heterocycles. The van der Waals surface area contributed by atoms with Gasteiger partial charge in [0, 0.05) is 9.90 Å². The van der Waals surface area contributed by atoms with E-state index in [0.717, 1.165) is 29.7 Å². The lowest BCUT2D eigenvalue weighted by molar-refractivity contribution is -0.122. The zero-order chi connectivity index (χ0) is 18.7. The third-order valence-electron chi connectivity index (χ3n) is 4.13. The van der Waals surface area contributed by atoms with Crippen molar-refractivity contribution in [2.45, 2.75) is 39.2 Å². The van der Waals surface area contributed by atoms with Crippen LogP contribution in [0.1, 0.15) is 41.1 Å². The molecule has 1 N–H and O–H groups in total. The zero-order valence-corrected chi connectivity index (χ0v) is 16.2. The summed E-state index contributed by atoms with van der Waals surface area (Å²) >= 11 is 7.30. The van der Waals surface area contributed by atoms with Crippen LogP contribution in [0.3, 0.4) is 0 Å². The predicted molar refractivity (Wildman–Crippen MR) is 102 cm³/mol. The van der Waals surface area contributed by atoms with Crippen molar-refractivity contribution in [2.75, 3.05) is 11.9 Å². The molecule has 1 unspecified atom stereocenters. The molecule has 1 heterocycles. The Balaban J connectivity index is 1.74. The molecule has 0 bridgehead atoms. The number of amides is 1. The molecule has 0 spiro atoms. The number of hydrogen-bond acceptors (Lipinski definition) is 5. The molecule has 26 heavy (non-hydrogen) atoms. The van der Waals surface area contributed by atoms with E-state index in [2.05, 4.69) is 5.32 Å². The number of carbonyl (C=O) groups excluding carboxylic acids is 2. The molecule has 2 aromatic rings. The first kappa shape index (κ1) is 18.7. The molecular weight excluding hydrogens is 374 g/mol. The number of aryl methyl sites for hydroxylation is 1. The lowest BCUT2D eigenvalue weighted by Gasteiger charge is -2.15. The molecule has 0 radical (unpaired) electrons. The van der Waals surface area contributed by atoms with Gasteiger partial charge >= 0.3 is 5.97 Å². The van der Waals surface area contributed by atoms with Gasteiger partial charge in [0.1, 0.15) is 10.8 Å². The highest BCUT2D eigenvalue weighted by molar-refractivity contribution is 7.17. The Morgan fingerprint density at radius 3 is 2.69 bits per heavy atom. The number of carbonyl (C=O) groups is 2. The maximum atomic E-state index is 12.5. The molecule has 1 aliphatic rings. The van der Waals surface area contributed by atoms with Gasteiger partial charge in [-0.1, -0.05) is 11.6 Å². The number of thiophene rings is 1. The van der Waals surface area contributed by atoms with Gasteiger partial charge in [-0.05, 0) is 62.9 Å². The molecule has 1 aromatic carbocycles. The summed E-state index contributed by atoms with van der Waals surface area (Å²) < 4.78 is 10.8. The number of fused-ring (bicyclic) bond motifs is 1. The number of esters is 1. The summed E-state index contributed by atoms with van der Waals surface area (Å²) in [5, 5.41) is 3.98. The molecule has 1 aliphatic carbocycles. The van der Waals surface area contributed by atoms with E-state index in [-0.39, 0.29) is 11.9 Å². The second kappa shape index (κ2) is 8.10. The van der Waals surface area contributed by atoms with Crippen molar-refractivity contribution in [3.63, 3.8) is 0 Å². The topological polar surface area (TPSA) is 64.6 Å². The van der Waals surface area contributed by atoms with Crippen molar-refractivity contribution in [3.05, 3.63) is 45.3 Å². The summed E-state index contributed by atoms with van der Waals surface area (Å²) in [6.07, 6.45) is 2.08. The molecule has 3 rings (SSSR count). The molecule has 1 aromatic heterocycles. The number of hydrogen-bond donors (Lipinski definition) is 1. The van der Waals surface area contributed by atoms with Crippen LogP contribution in [0.5, 0.6) is 5.75 Å². The van der Waals surface area contributed by atoms with E-state index in [0.29, 0.717) is 27.9 Å². The van der Waals surface area contributed by atoms with Crippen molar-refractivity contribution in [3.8, 4) is 5.75 Å². The molecule has 0 fully saturated rings. The van der Waals surface area contributed by atoms with Crippen LogP contribution in [0.4, 0.5) is 5.00 Å². The quantitative estimate of drug-likeness (QED) is 0.735. The maximum absolute atomic E-state index is 12.5. The highest BCUT2D eigenvalue weighted by Crippen LogP contribution is 2.39. The molecule has 138 valence electrons. The molecule has 0 aliphatic heterocycles. The van der Waals surface area contributed by atoms with Gasteiger partial charge in [0.15, 0.2) is 6.10 Å². The Hall–Kier alpha value is -2.05. The fourth-order valence-electron chi connectivity index (χ4n) is 2.90. The van der Waals surface area contributed by atoms with Crippen LogP contribution in [-0.4, -0.2) is 24.6 Å². The smallest absolute Gasteiger partial charge is 0.341 e. The van der Waals surface area contributed by atoms with Gasteiger partial charge in [-0.25, -0.2) is 4.79 Å². The first-order valence-electron chi connectivity index (χ1n) is 8.54. The lowest BCUT2D eigenvalue weighted by atomic mass is 10.1. The van der Waals surface area contributed by atoms with Crippen molar-refractivity contribution in [1.29, 1.82) is 0 Å². The minimum absolute atomic E-state index is 0.299. The normalized spacial score (nSPS) is 13.8. The third-order valence-corrected chi connectivity index (χ3v) is 5.59. The van der Waals surface area contributed by atoms with Gasteiger partial charge in [-0.15, -0.1) is 11.3 Å². The molecular formula is C19H20ClNO4S. The van der Waals surface area contributed by atoms with Crippen LogP contribution in [0.15, 0.2) is 24.3 Å². The van der Waals surface area contributed by atoms with Gasteiger partial charge in [-0.2, -0.15) is 0 Å². The van der Waals surface area contributed by atoms with Crippen LogP contribution in [0, 0.1) is 0 Å². The van der Waals surface area contributed by atoms with Crippen LogP contribution in [0.25, 0.3) is 0 Å². The van der Waals surface area contributed by atoms with E-state index in [1.807, 2.05) is 0 Å². The van der Waals surface area contributed by atoms with E-state index in [4.69, 9.17) is 21.1 Å². The second-order valence-corrected chi connectivity index (χ2v) is 7.53. The fraction of sp³-hybridized carbons (Fsp3) is 0.368. The van der Waals surface area contributed by atoms with Crippen LogP contribution in [-0.2, 0) is 22.4 Å². The van der Waals surface area contributed by atoms with Crippen molar-refractivity contribution >= 4 is 39.8 Å². The monoisotopic (exact) mass is 393 g/mol. The third kappa shape index (κ3) is 4.02. The average molecular weight is 394 g/mol. The average Bonchev–Trinajstić information content (AvgIpc) is 3.17. The minimum atomic E-state index is -0.719. The van der Waals surface area contributed by atoms with Crippen LogP contribution < -0.4 is 10.1 Å². The van der Waals surface area contributed by atoms with Gasteiger partial charge in [0.2, 0.25) is 0 Å². The molecule has 1 amide bonds. The second-order valence-electron chi connectivity index (χ2n) is 5.99. The number of benzene rings is 1. The van der Waals surface area contributed by atoms with Crippen molar-refractivity contribution in [1.82, 2.24) is 0 Å². The van der Waals surface area contributed by atoms with Gasteiger partial charge in [0.25, 0.3) is 5.91 Å². The lowest BCUT2D eigenvalue weighted by Crippen LogP contribution is -2.30. The maximum Gasteiger partial charge on any atom is 0.341 e. The Labute approximate surface area is 161 Å². The molecule has 7 heteroatoms. The summed E-state index contributed by atoms with van der Waals surface area (Å²) in [5.74, 6) is -0.143. The van der Waals surface area contributed by atoms with Crippen molar-refractivity contribution in [2.24, 2.45) is 0 Å². The number of anilines is 1. The SMILES string of the molecule is CCOC(=O)c1c(NC(=O)C(C)Oc2ccc(Cl)cc2)sc2c1CCC2. The number of ether oxygens (including phenoxy) is 2. The number of nitrogens with one attached hydrogen (secondary N) is 1. The molecule has 5 nitrogen and oxygen atoms in total. The Bertz CT molecular complexity index is 816. The first-order valence-corrected chi connectivity index (χ1v) is 9.73. The van der Waals surface area contributed by atoms with E-state index in [9.17, 15) is 9.59 Å². The summed E-state index contributed by atoms with van der Waals surface area (Å²) in [6, 6.07) is 6.81.